The van der Waals surface area contributed by atoms with Crippen molar-refractivity contribution in [1.82, 2.24) is 14.8 Å². The van der Waals surface area contributed by atoms with Gasteiger partial charge in [0.05, 0.1) is 11.8 Å². The molecule has 0 spiro atoms. The molecule has 2 aromatic carbocycles. The summed E-state index contributed by atoms with van der Waals surface area (Å²) in [4.78, 5) is 20.7. The second kappa shape index (κ2) is 10.1. The quantitative estimate of drug-likeness (QED) is 0.529. The summed E-state index contributed by atoms with van der Waals surface area (Å²) in [5.74, 6) is -0.0827. The Morgan fingerprint density at radius 2 is 1.87 bits per heavy atom. The van der Waals surface area contributed by atoms with Crippen LogP contribution in [0.5, 0.6) is 0 Å². The molecule has 0 saturated heterocycles. The van der Waals surface area contributed by atoms with Gasteiger partial charge >= 0.3 is 0 Å². The highest BCUT2D eigenvalue weighted by Gasteiger charge is 2.17. The Morgan fingerprint density at radius 3 is 2.60 bits per heavy atom. The van der Waals surface area contributed by atoms with Gasteiger partial charge in [0.15, 0.2) is 11.7 Å². The lowest BCUT2D eigenvalue weighted by atomic mass is 10.2. The van der Waals surface area contributed by atoms with E-state index in [4.69, 9.17) is 4.42 Å². The molecule has 30 heavy (non-hydrogen) atoms. The van der Waals surface area contributed by atoms with Gasteiger partial charge in [0.1, 0.15) is 11.6 Å². The predicted molar refractivity (Wildman–Crippen MR) is 111 cm³/mol. The van der Waals surface area contributed by atoms with Crippen molar-refractivity contribution in [2.24, 2.45) is 0 Å². The number of likely N-dealkylation sites (N-methyl/N-ethyl adjacent to an activating group) is 1. The summed E-state index contributed by atoms with van der Waals surface area (Å²) in [6.45, 7) is 1.54. The molecular weight excluding hydrogens is 388 g/mol. The van der Waals surface area contributed by atoms with Crippen LogP contribution < -0.4 is 0 Å². The number of nitrogens with zero attached hydrogens (tertiary/aromatic N) is 3. The minimum absolute atomic E-state index is 0.0771. The molecule has 0 radical (unpaired) electrons. The lowest BCUT2D eigenvalue weighted by Gasteiger charge is -2.24. The molecule has 0 atom stereocenters. The first-order valence-corrected chi connectivity index (χ1v) is 9.79. The Hall–Kier alpha value is -3.06. The number of hydrogen-bond donors (Lipinski definition) is 0. The van der Waals surface area contributed by atoms with Crippen molar-refractivity contribution >= 4 is 5.91 Å². The minimum Gasteiger partial charge on any atom is -0.441 e. The fourth-order valence-corrected chi connectivity index (χ4v) is 3.05. The highest BCUT2D eigenvalue weighted by molar-refractivity contribution is 5.76. The fraction of sp³-hybridized carbons (Fsp3) is 0.304. The van der Waals surface area contributed by atoms with Crippen LogP contribution in [-0.2, 0) is 17.8 Å². The maximum Gasteiger partial charge on any atom is 0.223 e. The third-order valence-corrected chi connectivity index (χ3v) is 4.68. The zero-order chi connectivity index (χ0) is 21.5. The van der Waals surface area contributed by atoms with Crippen LogP contribution in [0.2, 0.25) is 0 Å². The predicted octanol–water partition coefficient (Wildman–Crippen LogP) is 4.14. The highest BCUT2D eigenvalue weighted by Crippen LogP contribution is 2.23. The van der Waals surface area contributed by atoms with E-state index in [0.717, 1.165) is 5.56 Å². The van der Waals surface area contributed by atoms with Gasteiger partial charge in [-0.2, -0.15) is 0 Å². The van der Waals surface area contributed by atoms with E-state index in [-0.39, 0.29) is 24.0 Å². The normalized spacial score (nSPS) is 11.1. The van der Waals surface area contributed by atoms with Gasteiger partial charge in [0.25, 0.3) is 0 Å². The molecule has 3 rings (SSSR count). The number of benzene rings is 2. The average Bonchev–Trinajstić information content (AvgIpc) is 3.18. The third-order valence-electron chi connectivity index (χ3n) is 4.68. The summed E-state index contributed by atoms with van der Waals surface area (Å²) >= 11 is 0. The van der Waals surface area contributed by atoms with Crippen LogP contribution >= 0.6 is 0 Å². The smallest absolute Gasteiger partial charge is 0.223 e. The van der Waals surface area contributed by atoms with Gasteiger partial charge in [-0.05, 0) is 43.9 Å². The number of aromatic nitrogens is 1. The Morgan fingerprint density at radius 1 is 1.07 bits per heavy atom. The van der Waals surface area contributed by atoms with Gasteiger partial charge in [-0.15, -0.1) is 0 Å². The maximum atomic E-state index is 13.9. The zero-order valence-electron chi connectivity index (χ0n) is 17.1. The van der Waals surface area contributed by atoms with Gasteiger partial charge in [-0.25, -0.2) is 13.8 Å². The summed E-state index contributed by atoms with van der Waals surface area (Å²) in [5.41, 5.74) is 1.07. The topological polar surface area (TPSA) is 49.6 Å². The monoisotopic (exact) mass is 413 g/mol. The zero-order valence-corrected chi connectivity index (χ0v) is 17.1. The Labute approximate surface area is 174 Å². The van der Waals surface area contributed by atoms with Gasteiger partial charge < -0.3 is 14.2 Å². The molecule has 7 heteroatoms. The van der Waals surface area contributed by atoms with Crippen molar-refractivity contribution < 1.29 is 18.0 Å². The standard InChI is InChI=1S/C23H25F2N3O2/c1-27(2)12-13-28(16-17-6-5-7-18(24)14-17)23(29)11-10-22-26-15-21(30-22)19-8-3-4-9-20(19)25/h3-9,14-15H,10-13,16H2,1-2H3. The Balaban J connectivity index is 1.64. The molecule has 158 valence electrons. The average molecular weight is 413 g/mol. The van der Waals surface area contributed by atoms with Crippen LogP contribution in [0.25, 0.3) is 11.3 Å². The molecular formula is C23H25F2N3O2. The van der Waals surface area contributed by atoms with Crippen LogP contribution in [0, 0.1) is 11.6 Å². The van der Waals surface area contributed by atoms with E-state index >= 15 is 0 Å². The number of carbonyl (C=O) groups is 1. The number of amides is 1. The Bertz CT molecular complexity index is 988. The van der Waals surface area contributed by atoms with Crippen LogP contribution in [0.4, 0.5) is 8.78 Å². The van der Waals surface area contributed by atoms with Gasteiger partial charge in [0, 0.05) is 32.5 Å². The number of halogens is 2. The van der Waals surface area contributed by atoms with E-state index < -0.39 is 0 Å². The van der Waals surface area contributed by atoms with Gasteiger partial charge in [0.2, 0.25) is 5.91 Å². The molecule has 1 heterocycles. The van der Waals surface area contributed by atoms with Crippen LogP contribution in [0.3, 0.4) is 0 Å². The van der Waals surface area contributed by atoms with Gasteiger partial charge in [-0.3, -0.25) is 4.79 Å². The lowest BCUT2D eigenvalue weighted by molar-refractivity contribution is -0.132. The Kier molecular flexibility index (Phi) is 7.30. The number of aryl methyl sites for hydroxylation is 1. The molecule has 5 nitrogen and oxygen atoms in total. The maximum absolute atomic E-state index is 13.9. The van der Waals surface area contributed by atoms with E-state index in [1.165, 1.54) is 24.4 Å². The summed E-state index contributed by atoms with van der Waals surface area (Å²) in [6, 6.07) is 12.6. The van der Waals surface area contributed by atoms with E-state index in [1.54, 1.807) is 35.2 Å². The van der Waals surface area contributed by atoms with Crippen molar-refractivity contribution in [3.05, 3.63) is 77.8 Å². The first-order valence-electron chi connectivity index (χ1n) is 9.79. The molecule has 0 aliphatic rings. The van der Waals surface area contributed by atoms with Gasteiger partial charge in [-0.1, -0.05) is 24.3 Å². The number of rotatable bonds is 9. The highest BCUT2D eigenvalue weighted by atomic mass is 19.1. The first-order chi connectivity index (χ1) is 14.4. The molecule has 3 aromatic rings. The number of oxazole rings is 1. The van der Waals surface area contributed by atoms with Crippen molar-refractivity contribution in [2.45, 2.75) is 19.4 Å². The van der Waals surface area contributed by atoms with Crippen molar-refractivity contribution in [2.75, 3.05) is 27.2 Å². The van der Waals surface area contributed by atoms with Crippen molar-refractivity contribution in [3.63, 3.8) is 0 Å². The van der Waals surface area contributed by atoms with Crippen LogP contribution in [0.1, 0.15) is 17.9 Å². The largest absolute Gasteiger partial charge is 0.441 e. The first kappa shape index (κ1) is 21.6. The lowest BCUT2D eigenvalue weighted by Crippen LogP contribution is -2.36. The molecule has 1 aromatic heterocycles. The fourth-order valence-electron chi connectivity index (χ4n) is 3.05. The summed E-state index contributed by atoms with van der Waals surface area (Å²) in [7, 11) is 3.86. The molecule has 0 unspecified atom stereocenters. The molecule has 0 bridgehead atoms. The van der Waals surface area contributed by atoms with Crippen LogP contribution in [-0.4, -0.2) is 47.9 Å². The number of hydrogen-bond acceptors (Lipinski definition) is 4. The van der Waals surface area contributed by atoms with E-state index in [9.17, 15) is 13.6 Å². The molecule has 0 N–H and O–H groups in total. The van der Waals surface area contributed by atoms with Crippen LogP contribution in [0.15, 0.2) is 59.1 Å². The van der Waals surface area contributed by atoms with E-state index in [0.29, 0.717) is 43.3 Å². The molecule has 1 amide bonds. The van der Waals surface area contributed by atoms with E-state index in [1.807, 2.05) is 19.0 Å². The SMILES string of the molecule is CN(C)CCN(Cc1cccc(F)c1)C(=O)CCc1ncc(-c2ccccc2F)o1. The summed E-state index contributed by atoms with van der Waals surface area (Å²) in [6.07, 6.45) is 1.96. The second-order valence-corrected chi connectivity index (χ2v) is 7.35. The third kappa shape index (κ3) is 5.97. The molecule has 0 fully saturated rings. The summed E-state index contributed by atoms with van der Waals surface area (Å²) in [5, 5.41) is 0. The number of carbonyl (C=O) groups excluding carboxylic acids is 1. The van der Waals surface area contributed by atoms with Crippen molar-refractivity contribution in [1.29, 1.82) is 0 Å². The van der Waals surface area contributed by atoms with Crippen molar-refractivity contribution in [3.8, 4) is 11.3 Å². The minimum atomic E-state index is -0.388. The molecule has 0 aliphatic heterocycles. The molecule has 0 saturated carbocycles. The molecule has 0 aliphatic carbocycles. The summed E-state index contributed by atoms with van der Waals surface area (Å²) < 4.78 is 33.1. The van der Waals surface area contributed by atoms with E-state index in [2.05, 4.69) is 4.98 Å². The second-order valence-electron chi connectivity index (χ2n) is 7.35.